The zero-order chi connectivity index (χ0) is 33.3. The van der Waals surface area contributed by atoms with Gasteiger partial charge in [0.2, 0.25) is 5.91 Å². The molecular formula is C32H31ClF2N8O3S. The van der Waals surface area contributed by atoms with Gasteiger partial charge >= 0.3 is 0 Å². The normalized spacial score (nSPS) is 15.6. The maximum absolute atomic E-state index is 14.0. The number of aryl methyl sites for hydroxylation is 1. The molecule has 0 unspecified atom stereocenters. The van der Waals surface area contributed by atoms with E-state index in [1.54, 1.807) is 40.3 Å². The molecule has 0 atom stereocenters. The number of ether oxygens (including phenoxy) is 1. The van der Waals surface area contributed by atoms with Gasteiger partial charge < -0.3 is 30.1 Å². The number of nitrogens with zero attached hydrogens (tertiary/aromatic N) is 6. The van der Waals surface area contributed by atoms with E-state index in [2.05, 4.69) is 22.2 Å². The highest BCUT2D eigenvalue weighted by Crippen LogP contribution is 2.40. The van der Waals surface area contributed by atoms with Crippen molar-refractivity contribution in [2.24, 2.45) is 0 Å². The minimum atomic E-state index is -2.78. The molecule has 6 rings (SSSR count). The molecule has 0 radical (unpaired) electrons. The molecule has 3 aromatic heterocycles. The minimum absolute atomic E-state index is 0.144. The summed E-state index contributed by atoms with van der Waals surface area (Å²) in [5.41, 5.74) is 3.05. The SMILES string of the molecule is C=CC(=O)N1CCN(c2ncc(-c3ccc(OC)c(Nc4ncc(C(=O)Nc5c(C)cccc5Cl)s4)n3)cc2N2CC(F)(F)C2)CC1. The van der Waals surface area contributed by atoms with Crippen LogP contribution in [0.2, 0.25) is 5.02 Å². The van der Waals surface area contributed by atoms with Crippen LogP contribution >= 0.6 is 22.9 Å². The van der Waals surface area contributed by atoms with Gasteiger partial charge in [-0.3, -0.25) is 9.59 Å². The van der Waals surface area contributed by atoms with Gasteiger partial charge in [0.15, 0.2) is 22.5 Å². The van der Waals surface area contributed by atoms with E-state index in [0.717, 1.165) is 16.9 Å². The summed E-state index contributed by atoms with van der Waals surface area (Å²) in [5, 5.41) is 6.81. The minimum Gasteiger partial charge on any atom is -0.493 e. The van der Waals surface area contributed by atoms with E-state index >= 15 is 0 Å². The van der Waals surface area contributed by atoms with Crippen molar-refractivity contribution >= 4 is 62.9 Å². The lowest BCUT2D eigenvalue weighted by atomic mass is 10.1. The van der Waals surface area contributed by atoms with Crippen LogP contribution in [0.4, 0.5) is 36.9 Å². The van der Waals surface area contributed by atoms with Crippen molar-refractivity contribution in [3.63, 3.8) is 0 Å². The Bertz CT molecular complexity index is 1820. The van der Waals surface area contributed by atoms with Gasteiger partial charge in [0.25, 0.3) is 11.8 Å². The van der Waals surface area contributed by atoms with Gasteiger partial charge in [-0.05, 0) is 42.8 Å². The Morgan fingerprint density at radius 1 is 1.09 bits per heavy atom. The number of nitrogens with one attached hydrogen (secondary N) is 2. The molecule has 5 heterocycles. The lowest BCUT2D eigenvalue weighted by Crippen LogP contribution is -2.57. The smallest absolute Gasteiger partial charge is 0.282 e. The molecule has 0 spiro atoms. The number of para-hydroxylation sites is 1. The number of carbonyl (C=O) groups excluding carboxylic acids is 2. The lowest BCUT2D eigenvalue weighted by Gasteiger charge is -2.43. The first-order valence-electron chi connectivity index (χ1n) is 14.7. The number of halogens is 3. The number of pyridine rings is 2. The van der Waals surface area contributed by atoms with Gasteiger partial charge in [-0.25, -0.2) is 23.7 Å². The van der Waals surface area contributed by atoms with Crippen LogP contribution in [0.25, 0.3) is 11.3 Å². The fourth-order valence-corrected chi connectivity index (χ4v) is 6.36. The topological polar surface area (TPSA) is 116 Å². The van der Waals surface area contributed by atoms with Gasteiger partial charge in [0.1, 0.15) is 4.88 Å². The van der Waals surface area contributed by atoms with Gasteiger partial charge in [-0.1, -0.05) is 41.6 Å². The molecule has 2 aliphatic heterocycles. The Labute approximate surface area is 278 Å². The van der Waals surface area contributed by atoms with Gasteiger partial charge in [0.05, 0.1) is 48.5 Å². The molecule has 11 nitrogen and oxygen atoms in total. The summed E-state index contributed by atoms with van der Waals surface area (Å²) in [4.78, 5) is 44.5. The second kappa shape index (κ2) is 13.1. The first-order chi connectivity index (χ1) is 22.5. The summed E-state index contributed by atoms with van der Waals surface area (Å²) in [5.74, 6) is -1.94. The van der Waals surface area contributed by atoms with E-state index in [1.165, 1.54) is 19.4 Å². The highest BCUT2D eigenvalue weighted by atomic mass is 35.5. The monoisotopic (exact) mass is 680 g/mol. The van der Waals surface area contributed by atoms with E-state index in [4.69, 9.17) is 26.3 Å². The molecule has 2 N–H and O–H groups in total. The molecule has 2 aliphatic rings. The number of benzene rings is 1. The highest BCUT2D eigenvalue weighted by Gasteiger charge is 2.45. The molecule has 0 saturated carbocycles. The third-order valence-electron chi connectivity index (χ3n) is 7.89. The molecule has 4 aromatic rings. The summed E-state index contributed by atoms with van der Waals surface area (Å²) in [6.45, 7) is 6.52. The molecule has 2 amide bonds. The largest absolute Gasteiger partial charge is 0.493 e. The summed E-state index contributed by atoms with van der Waals surface area (Å²) < 4.78 is 33.5. The molecule has 47 heavy (non-hydrogen) atoms. The van der Waals surface area contributed by atoms with Crippen LogP contribution in [0.3, 0.4) is 0 Å². The van der Waals surface area contributed by atoms with Crippen LogP contribution in [0.15, 0.2) is 61.4 Å². The van der Waals surface area contributed by atoms with Crippen molar-refractivity contribution in [2.75, 3.05) is 66.8 Å². The number of thiazole rings is 1. The van der Waals surface area contributed by atoms with Crippen LogP contribution in [-0.4, -0.2) is 84.0 Å². The zero-order valence-electron chi connectivity index (χ0n) is 25.6. The number of alkyl halides is 2. The number of hydrogen-bond donors (Lipinski definition) is 2. The van der Waals surface area contributed by atoms with Crippen LogP contribution in [-0.2, 0) is 4.79 Å². The van der Waals surface area contributed by atoms with Crippen LogP contribution in [0.1, 0.15) is 15.2 Å². The highest BCUT2D eigenvalue weighted by molar-refractivity contribution is 7.17. The Morgan fingerprint density at radius 2 is 1.85 bits per heavy atom. The van der Waals surface area contributed by atoms with Crippen molar-refractivity contribution in [3.05, 3.63) is 76.9 Å². The van der Waals surface area contributed by atoms with E-state index in [0.29, 0.717) is 81.2 Å². The second-order valence-corrected chi connectivity index (χ2v) is 12.5. The third kappa shape index (κ3) is 6.83. The molecular weight excluding hydrogens is 650 g/mol. The van der Waals surface area contributed by atoms with E-state index in [-0.39, 0.29) is 11.8 Å². The van der Waals surface area contributed by atoms with E-state index < -0.39 is 19.0 Å². The maximum Gasteiger partial charge on any atom is 0.282 e. The Hall–Kier alpha value is -4.82. The average Bonchev–Trinajstić information content (AvgIpc) is 3.53. The standard InChI is InChI=1S/C32H31ClF2N8O3S/c1-4-26(44)41-10-12-42(13-11-41)29-23(43-17-32(34,35)18-43)14-20(15-36-29)22-8-9-24(46-3)28(38-22)40-31-37-16-25(47-31)30(45)39-27-19(2)6-5-7-21(27)33/h4-9,14-16H,1,10-13,17-18H2,2-3H3,(H,39,45)(H,37,38,40). The average molecular weight is 681 g/mol. The maximum atomic E-state index is 14.0. The molecule has 2 saturated heterocycles. The number of rotatable bonds is 9. The molecule has 244 valence electrons. The third-order valence-corrected chi connectivity index (χ3v) is 9.11. The number of piperazine rings is 1. The first kappa shape index (κ1) is 32.1. The van der Waals surface area contributed by atoms with Crippen LogP contribution in [0, 0.1) is 6.92 Å². The van der Waals surface area contributed by atoms with Crippen molar-refractivity contribution in [2.45, 2.75) is 12.8 Å². The summed E-state index contributed by atoms with van der Waals surface area (Å²) in [6, 6.07) is 10.7. The quantitative estimate of drug-likeness (QED) is 0.210. The number of anilines is 5. The fourth-order valence-electron chi connectivity index (χ4n) is 5.38. The second-order valence-electron chi connectivity index (χ2n) is 11.1. The summed E-state index contributed by atoms with van der Waals surface area (Å²) in [7, 11) is 1.51. The molecule has 1 aromatic carbocycles. The van der Waals surface area contributed by atoms with Crippen LogP contribution < -0.4 is 25.2 Å². The Kier molecular flexibility index (Phi) is 8.97. The fraction of sp³-hybridized carbons (Fsp3) is 0.281. The Balaban J connectivity index is 1.24. The lowest BCUT2D eigenvalue weighted by molar-refractivity contribution is -0.126. The van der Waals surface area contributed by atoms with E-state index in [1.807, 2.05) is 24.0 Å². The van der Waals surface area contributed by atoms with Gasteiger partial charge in [0, 0.05) is 37.9 Å². The number of methoxy groups -OCH3 is 1. The van der Waals surface area contributed by atoms with Gasteiger partial charge in [-0.15, -0.1) is 0 Å². The summed E-state index contributed by atoms with van der Waals surface area (Å²) in [6.07, 6.45) is 4.39. The zero-order valence-corrected chi connectivity index (χ0v) is 27.2. The molecule has 15 heteroatoms. The van der Waals surface area contributed by atoms with E-state index in [9.17, 15) is 18.4 Å². The van der Waals surface area contributed by atoms with Crippen molar-refractivity contribution in [1.82, 2.24) is 19.9 Å². The predicted octanol–water partition coefficient (Wildman–Crippen LogP) is 5.86. The number of amides is 2. The molecule has 0 aliphatic carbocycles. The summed E-state index contributed by atoms with van der Waals surface area (Å²) >= 11 is 7.40. The predicted molar refractivity (Wildman–Crippen MR) is 180 cm³/mol. The van der Waals surface area contributed by atoms with Crippen molar-refractivity contribution in [1.29, 1.82) is 0 Å². The van der Waals surface area contributed by atoms with Gasteiger partial charge in [-0.2, -0.15) is 0 Å². The number of hydrogen-bond acceptors (Lipinski definition) is 10. The molecule has 0 bridgehead atoms. The Morgan fingerprint density at radius 3 is 2.53 bits per heavy atom. The number of carbonyl (C=O) groups is 2. The first-order valence-corrected chi connectivity index (χ1v) is 15.9. The van der Waals surface area contributed by atoms with Crippen molar-refractivity contribution in [3.8, 4) is 17.0 Å². The number of aromatic nitrogens is 3. The van der Waals surface area contributed by atoms with Crippen molar-refractivity contribution < 1.29 is 23.1 Å². The molecule has 2 fully saturated rings. The van der Waals surface area contributed by atoms with Crippen LogP contribution in [0.5, 0.6) is 5.75 Å².